The van der Waals surface area contributed by atoms with Gasteiger partial charge in [0, 0.05) is 12.3 Å². The van der Waals surface area contributed by atoms with Crippen molar-refractivity contribution >= 4 is 12.6 Å². The first-order valence-corrected chi connectivity index (χ1v) is 6.11. The quantitative estimate of drug-likeness (QED) is 0.394. The largest absolute Gasteiger partial charge is 0.394 e. The van der Waals surface area contributed by atoms with Crippen molar-refractivity contribution in [1.82, 2.24) is 0 Å². The van der Waals surface area contributed by atoms with Crippen molar-refractivity contribution < 1.29 is 20.1 Å². The van der Waals surface area contributed by atoms with E-state index in [2.05, 4.69) is 19.2 Å². The van der Waals surface area contributed by atoms with E-state index in [1.54, 1.807) is 6.08 Å². The second-order valence-corrected chi connectivity index (χ2v) is 4.51. The maximum absolute atomic E-state index is 9.99. The summed E-state index contributed by atoms with van der Waals surface area (Å²) in [7, 11) is 0. The number of hydrogen-bond acceptors (Lipinski definition) is 5. The van der Waals surface area contributed by atoms with Crippen LogP contribution in [0.5, 0.6) is 0 Å². The summed E-state index contributed by atoms with van der Waals surface area (Å²) in [5.41, 5.74) is 0. The fourth-order valence-corrected chi connectivity index (χ4v) is 2.51. The van der Waals surface area contributed by atoms with Crippen LogP contribution in [-0.2, 0) is 4.74 Å². The van der Waals surface area contributed by atoms with Gasteiger partial charge in [-0.15, -0.1) is 6.58 Å². The van der Waals surface area contributed by atoms with Crippen LogP contribution >= 0.6 is 12.6 Å². The molecule has 0 spiro atoms. The monoisotopic (exact) mass is 248 g/mol. The van der Waals surface area contributed by atoms with Gasteiger partial charge in [0.1, 0.15) is 0 Å². The van der Waals surface area contributed by atoms with E-state index >= 15 is 0 Å². The highest BCUT2D eigenvalue weighted by molar-refractivity contribution is 7.80. The summed E-state index contributed by atoms with van der Waals surface area (Å²) in [5, 5.41) is 28.1. The van der Waals surface area contributed by atoms with Crippen molar-refractivity contribution in [3.05, 3.63) is 12.7 Å². The van der Waals surface area contributed by atoms with E-state index in [4.69, 9.17) is 9.84 Å². The van der Waals surface area contributed by atoms with Crippen LogP contribution in [-0.4, -0.2) is 52.1 Å². The molecule has 0 bridgehead atoms. The second-order valence-electron chi connectivity index (χ2n) is 4.15. The van der Waals surface area contributed by atoms with Crippen molar-refractivity contribution in [3.63, 3.8) is 0 Å². The van der Waals surface area contributed by atoms with Crippen LogP contribution in [0.15, 0.2) is 12.7 Å². The lowest BCUT2D eigenvalue weighted by Gasteiger charge is -2.18. The Labute approximate surface area is 101 Å². The third-order valence-electron chi connectivity index (χ3n) is 2.97. The minimum Gasteiger partial charge on any atom is -0.394 e. The number of aliphatic hydroxyl groups excluding tert-OH is 3. The molecule has 5 heteroatoms. The van der Waals surface area contributed by atoms with E-state index in [1.807, 2.05) is 0 Å². The van der Waals surface area contributed by atoms with Gasteiger partial charge in [0.2, 0.25) is 0 Å². The predicted octanol–water partition coefficient (Wildman–Crippen LogP) is -0.0199. The Morgan fingerprint density at radius 2 is 2.12 bits per heavy atom. The molecule has 0 radical (unpaired) electrons. The van der Waals surface area contributed by atoms with Gasteiger partial charge in [0.05, 0.1) is 31.0 Å². The van der Waals surface area contributed by atoms with Gasteiger partial charge in [-0.1, -0.05) is 6.08 Å². The first-order chi connectivity index (χ1) is 7.63. The van der Waals surface area contributed by atoms with Crippen LogP contribution in [0, 0.1) is 5.92 Å². The van der Waals surface area contributed by atoms with Gasteiger partial charge in [-0.05, 0) is 12.2 Å². The normalized spacial score (nSPS) is 36.2. The fourth-order valence-electron chi connectivity index (χ4n) is 2.06. The highest BCUT2D eigenvalue weighted by Gasteiger charge is 2.42. The number of ether oxygens (including phenoxy) is 1. The number of aliphatic hydroxyl groups is 3. The Morgan fingerprint density at radius 3 is 2.62 bits per heavy atom. The van der Waals surface area contributed by atoms with E-state index in [9.17, 15) is 10.2 Å². The molecule has 1 fully saturated rings. The summed E-state index contributed by atoms with van der Waals surface area (Å²) < 4.78 is 5.65. The second kappa shape index (κ2) is 6.61. The highest BCUT2D eigenvalue weighted by Crippen LogP contribution is 2.32. The minimum atomic E-state index is -0.845. The van der Waals surface area contributed by atoms with Crippen LogP contribution < -0.4 is 0 Å². The molecule has 1 unspecified atom stereocenters. The van der Waals surface area contributed by atoms with E-state index in [1.165, 1.54) is 0 Å². The summed E-state index contributed by atoms with van der Waals surface area (Å²) in [5.74, 6) is 0.489. The maximum atomic E-state index is 9.99. The number of hydrogen-bond donors (Lipinski definition) is 4. The van der Waals surface area contributed by atoms with Crippen molar-refractivity contribution in [1.29, 1.82) is 0 Å². The van der Waals surface area contributed by atoms with E-state index < -0.39 is 18.3 Å². The van der Waals surface area contributed by atoms with Crippen molar-refractivity contribution in [3.8, 4) is 0 Å². The van der Waals surface area contributed by atoms with Gasteiger partial charge in [-0.2, -0.15) is 12.6 Å². The molecule has 5 atom stereocenters. The van der Waals surface area contributed by atoms with Crippen LogP contribution in [0.1, 0.15) is 12.8 Å². The predicted molar refractivity (Wildman–Crippen MR) is 64.5 cm³/mol. The molecule has 3 N–H and O–H groups in total. The maximum Gasteiger partial charge on any atom is 0.0867 e. The zero-order chi connectivity index (χ0) is 12.1. The van der Waals surface area contributed by atoms with Crippen LogP contribution in [0.4, 0.5) is 0 Å². The zero-order valence-corrected chi connectivity index (χ0v) is 10.1. The zero-order valence-electron chi connectivity index (χ0n) is 9.20. The molecule has 94 valence electrons. The minimum absolute atomic E-state index is 0.0442. The van der Waals surface area contributed by atoms with Crippen molar-refractivity contribution in [2.75, 3.05) is 12.4 Å². The molecular formula is C11H20O4S. The molecule has 1 aliphatic rings. The molecule has 1 heterocycles. The van der Waals surface area contributed by atoms with Gasteiger partial charge in [0.15, 0.2) is 0 Å². The molecule has 0 aliphatic carbocycles. The van der Waals surface area contributed by atoms with Crippen LogP contribution in [0.25, 0.3) is 0 Å². The Bertz CT molecular complexity index is 224. The summed E-state index contributed by atoms with van der Waals surface area (Å²) in [6.45, 7) is 3.33. The number of thiol groups is 1. The average molecular weight is 248 g/mol. The summed E-state index contributed by atoms with van der Waals surface area (Å²) >= 11 is 4.20. The smallest absolute Gasteiger partial charge is 0.0867 e. The standard InChI is InChI=1S/C11H20O4S/c1-2-3-9-8(6-16)11(14)10(15-9)4-7(13)5-12/h2,7-14,16H,1,3-6H2/t7-,8?,9-,10+,11+/m0/s1. The van der Waals surface area contributed by atoms with Gasteiger partial charge in [-0.3, -0.25) is 0 Å². The topological polar surface area (TPSA) is 69.9 Å². The van der Waals surface area contributed by atoms with Crippen LogP contribution in [0.3, 0.4) is 0 Å². The lowest BCUT2D eigenvalue weighted by molar-refractivity contribution is -0.0289. The Morgan fingerprint density at radius 1 is 1.44 bits per heavy atom. The fraction of sp³-hybridized carbons (Fsp3) is 0.818. The average Bonchev–Trinajstić information content (AvgIpc) is 2.56. The third kappa shape index (κ3) is 3.21. The molecule has 1 saturated heterocycles. The van der Waals surface area contributed by atoms with Crippen molar-refractivity contribution in [2.24, 2.45) is 5.92 Å². The molecule has 16 heavy (non-hydrogen) atoms. The van der Waals surface area contributed by atoms with Gasteiger partial charge >= 0.3 is 0 Å². The molecule has 0 aromatic carbocycles. The molecule has 0 amide bonds. The first kappa shape index (κ1) is 14.0. The summed E-state index contributed by atoms with van der Waals surface area (Å²) in [6.07, 6.45) is 0.652. The molecule has 0 aromatic heterocycles. The molecule has 1 rings (SSSR count). The Balaban J connectivity index is 2.58. The molecule has 1 aliphatic heterocycles. The molecule has 4 nitrogen and oxygen atoms in total. The SMILES string of the molecule is C=CC[C@@H]1O[C@H](C[C@H](O)CO)[C@H](O)C1CS. The van der Waals surface area contributed by atoms with Gasteiger partial charge in [0.25, 0.3) is 0 Å². The Kier molecular flexibility index (Phi) is 5.78. The highest BCUT2D eigenvalue weighted by atomic mass is 32.1. The lowest BCUT2D eigenvalue weighted by Crippen LogP contribution is -2.32. The molecular weight excluding hydrogens is 228 g/mol. The molecule has 0 aromatic rings. The molecule has 0 saturated carbocycles. The van der Waals surface area contributed by atoms with Crippen LogP contribution in [0.2, 0.25) is 0 Å². The lowest BCUT2D eigenvalue weighted by atomic mass is 9.94. The number of rotatable bonds is 6. The van der Waals surface area contributed by atoms with Gasteiger partial charge < -0.3 is 20.1 Å². The van der Waals surface area contributed by atoms with E-state index in [0.717, 1.165) is 0 Å². The Hall–Kier alpha value is -0.0700. The third-order valence-corrected chi connectivity index (χ3v) is 3.39. The van der Waals surface area contributed by atoms with Gasteiger partial charge in [-0.25, -0.2) is 0 Å². The van der Waals surface area contributed by atoms with E-state index in [0.29, 0.717) is 12.2 Å². The summed E-state index contributed by atoms with van der Waals surface area (Å²) in [4.78, 5) is 0. The first-order valence-electron chi connectivity index (χ1n) is 5.48. The van der Waals surface area contributed by atoms with Crippen molar-refractivity contribution in [2.45, 2.75) is 37.3 Å². The van der Waals surface area contributed by atoms with E-state index in [-0.39, 0.29) is 25.0 Å². The summed E-state index contributed by atoms with van der Waals surface area (Å²) in [6, 6.07) is 0.